The number of carbonyl (C=O) groups is 1. The first-order valence-electron chi connectivity index (χ1n) is 6.13. The molecule has 98 valence electrons. The van der Waals surface area contributed by atoms with Gasteiger partial charge in [-0.15, -0.1) is 0 Å². The van der Waals surface area contributed by atoms with Gasteiger partial charge in [-0.25, -0.2) is 0 Å². The molecule has 1 aromatic rings. The van der Waals surface area contributed by atoms with Crippen LogP contribution in [0.1, 0.15) is 35.2 Å². The molecule has 1 aromatic carbocycles. The van der Waals surface area contributed by atoms with Crippen molar-refractivity contribution in [2.24, 2.45) is 11.1 Å². The fourth-order valence-electron chi connectivity index (χ4n) is 2.47. The first-order valence-corrected chi connectivity index (χ1v) is 6.51. The second-order valence-electron chi connectivity index (χ2n) is 4.97. The molecule has 4 heteroatoms. The zero-order valence-corrected chi connectivity index (χ0v) is 11.5. The van der Waals surface area contributed by atoms with E-state index in [0.29, 0.717) is 22.9 Å². The molecule has 0 heterocycles. The van der Waals surface area contributed by atoms with Crippen LogP contribution in [0.25, 0.3) is 0 Å². The van der Waals surface area contributed by atoms with Gasteiger partial charge >= 0.3 is 0 Å². The number of nitrogens with two attached hydrogens (primary N) is 1. The van der Waals surface area contributed by atoms with E-state index in [0.717, 1.165) is 24.8 Å². The highest BCUT2D eigenvalue weighted by Crippen LogP contribution is 2.43. The predicted octanol–water partition coefficient (Wildman–Crippen LogP) is 2.97. The van der Waals surface area contributed by atoms with Crippen LogP contribution in [0.3, 0.4) is 0 Å². The first-order chi connectivity index (χ1) is 8.54. The molecule has 0 amide bonds. The maximum Gasteiger partial charge on any atom is 0.170 e. The monoisotopic (exact) mass is 267 g/mol. The van der Waals surface area contributed by atoms with E-state index in [1.807, 2.05) is 6.92 Å². The number of ether oxygens (including phenoxy) is 1. The van der Waals surface area contributed by atoms with Crippen molar-refractivity contribution in [2.45, 2.75) is 26.2 Å². The van der Waals surface area contributed by atoms with Gasteiger partial charge in [0.1, 0.15) is 5.75 Å². The van der Waals surface area contributed by atoms with Crippen molar-refractivity contribution in [1.82, 2.24) is 0 Å². The molecule has 1 saturated carbocycles. The number of aryl methyl sites for hydroxylation is 1. The zero-order chi connectivity index (χ0) is 13.3. The Hall–Kier alpha value is -1.06. The lowest BCUT2D eigenvalue weighted by Crippen LogP contribution is -2.44. The highest BCUT2D eigenvalue weighted by molar-refractivity contribution is 6.32. The van der Waals surface area contributed by atoms with Crippen LogP contribution >= 0.6 is 11.6 Å². The third-order valence-corrected chi connectivity index (χ3v) is 4.22. The molecule has 0 unspecified atom stereocenters. The molecule has 1 aliphatic rings. The Kier molecular flexibility index (Phi) is 3.64. The highest BCUT2D eigenvalue weighted by Gasteiger charge is 2.43. The van der Waals surface area contributed by atoms with Gasteiger partial charge < -0.3 is 10.5 Å². The number of halogens is 1. The molecule has 0 aromatic heterocycles. The lowest BCUT2D eigenvalue weighted by atomic mass is 9.64. The summed E-state index contributed by atoms with van der Waals surface area (Å²) in [5.74, 6) is 0.722. The summed E-state index contributed by atoms with van der Waals surface area (Å²) in [7, 11) is 1.56. The number of ketones is 1. The van der Waals surface area contributed by atoms with Crippen LogP contribution in [-0.2, 0) is 0 Å². The van der Waals surface area contributed by atoms with Crippen LogP contribution in [-0.4, -0.2) is 19.4 Å². The summed E-state index contributed by atoms with van der Waals surface area (Å²) in [5, 5.41) is 0.470. The van der Waals surface area contributed by atoms with Gasteiger partial charge in [-0.3, -0.25) is 4.79 Å². The number of Topliss-reactive ketones (excluding diaryl/α,β-unsaturated/α-hetero) is 1. The quantitative estimate of drug-likeness (QED) is 0.854. The molecule has 0 atom stereocenters. The van der Waals surface area contributed by atoms with Crippen LogP contribution in [0.4, 0.5) is 0 Å². The summed E-state index contributed by atoms with van der Waals surface area (Å²) in [6.07, 6.45) is 2.84. The maximum atomic E-state index is 12.6. The maximum absolute atomic E-state index is 12.6. The average molecular weight is 268 g/mol. The molecule has 0 saturated heterocycles. The number of benzene rings is 1. The molecule has 0 aliphatic heterocycles. The molecule has 0 bridgehead atoms. The Morgan fingerprint density at radius 2 is 2.17 bits per heavy atom. The van der Waals surface area contributed by atoms with E-state index in [9.17, 15) is 4.79 Å². The third kappa shape index (κ3) is 2.02. The zero-order valence-electron chi connectivity index (χ0n) is 10.8. The number of hydrogen-bond acceptors (Lipinski definition) is 3. The van der Waals surface area contributed by atoms with E-state index in [1.165, 1.54) is 0 Å². The first kappa shape index (κ1) is 13.4. The lowest BCUT2D eigenvalue weighted by molar-refractivity contribution is 0.0635. The van der Waals surface area contributed by atoms with Gasteiger partial charge in [0, 0.05) is 17.5 Å². The van der Waals surface area contributed by atoms with Crippen LogP contribution < -0.4 is 10.5 Å². The topological polar surface area (TPSA) is 52.3 Å². The lowest BCUT2D eigenvalue weighted by Gasteiger charge is -2.39. The Morgan fingerprint density at radius 1 is 1.50 bits per heavy atom. The van der Waals surface area contributed by atoms with E-state index in [1.54, 1.807) is 19.2 Å². The molecule has 0 spiro atoms. The third-order valence-electron chi connectivity index (χ3n) is 3.93. The Morgan fingerprint density at radius 3 is 2.61 bits per heavy atom. The van der Waals surface area contributed by atoms with Gasteiger partial charge in [0.15, 0.2) is 5.78 Å². The van der Waals surface area contributed by atoms with Crippen molar-refractivity contribution < 1.29 is 9.53 Å². The number of methoxy groups -OCH3 is 1. The van der Waals surface area contributed by atoms with E-state index in [-0.39, 0.29) is 11.2 Å². The summed E-state index contributed by atoms with van der Waals surface area (Å²) in [6.45, 7) is 2.31. The Labute approximate surface area is 112 Å². The number of hydrogen-bond donors (Lipinski definition) is 1. The van der Waals surface area contributed by atoms with Gasteiger partial charge in [-0.1, -0.05) is 18.0 Å². The minimum atomic E-state index is -0.358. The van der Waals surface area contributed by atoms with Crippen LogP contribution in [0.5, 0.6) is 5.75 Å². The van der Waals surface area contributed by atoms with Gasteiger partial charge in [-0.2, -0.15) is 0 Å². The Balaban J connectivity index is 2.39. The van der Waals surface area contributed by atoms with Crippen molar-refractivity contribution in [3.8, 4) is 5.75 Å². The fraction of sp³-hybridized carbons (Fsp3) is 0.500. The standard InChI is InChI=1S/C14H18ClNO2/c1-9-6-12(18-2)11(15)7-10(9)13(17)14(8-16)4-3-5-14/h6-7H,3-5,8,16H2,1-2H3. The Bertz CT molecular complexity index is 475. The molecule has 2 rings (SSSR count). The highest BCUT2D eigenvalue weighted by atomic mass is 35.5. The molecule has 3 nitrogen and oxygen atoms in total. The van der Waals surface area contributed by atoms with Gasteiger partial charge in [0.05, 0.1) is 12.1 Å². The SMILES string of the molecule is COc1cc(C)c(C(=O)C2(CN)CCC2)cc1Cl. The van der Waals surface area contributed by atoms with Crippen molar-refractivity contribution >= 4 is 17.4 Å². The molecule has 0 radical (unpaired) electrons. The average Bonchev–Trinajstić information content (AvgIpc) is 2.30. The van der Waals surface area contributed by atoms with Gasteiger partial charge in [-0.05, 0) is 37.5 Å². The summed E-state index contributed by atoms with van der Waals surface area (Å²) in [4.78, 5) is 12.6. The van der Waals surface area contributed by atoms with E-state index < -0.39 is 0 Å². The molecule has 1 fully saturated rings. The van der Waals surface area contributed by atoms with Gasteiger partial charge in [0.25, 0.3) is 0 Å². The van der Waals surface area contributed by atoms with Crippen molar-refractivity contribution in [2.75, 3.05) is 13.7 Å². The smallest absolute Gasteiger partial charge is 0.170 e. The molecular weight excluding hydrogens is 250 g/mol. The molecular formula is C14H18ClNO2. The van der Waals surface area contributed by atoms with Crippen LogP contribution in [0, 0.1) is 12.3 Å². The van der Waals surface area contributed by atoms with Crippen LogP contribution in [0.15, 0.2) is 12.1 Å². The summed E-state index contributed by atoms with van der Waals surface area (Å²) in [6, 6.07) is 3.51. The second kappa shape index (κ2) is 4.90. The minimum absolute atomic E-state index is 0.123. The van der Waals surface area contributed by atoms with Gasteiger partial charge in [0.2, 0.25) is 0 Å². The number of carbonyl (C=O) groups excluding carboxylic acids is 1. The molecule has 1 aliphatic carbocycles. The summed E-state index contributed by atoms with van der Waals surface area (Å²) < 4.78 is 5.14. The van der Waals surface area contributed by atoms with Crippen molar-refractivity contribution in [1.29, 1.82) is 0 Å². The molecule has 18 heavy (non-hydrogen) atoms. The van der Waals surface area contributed by atoms with E-state index in [4.69, 9.17) is 22.1 Å². The minimum Gasteiger partial charge on any atom is -0.495 e. The molecule has 2 N–H and O–H groups in total. The normalized spacial score (nSPS) is 17.1. The predicted molar refractivity (Wildman–Crippen MR) is 72.4 cm³/mol. The van der Waals surface area contributed by atoms with Crippen molar-refractivity contribution in [3.63, 3.8) is 0 Å². The summed E-state index contributed by atoms with van der Waals surface area (Å²) >= 11 is 6.09. The van der Waals surface area contributed by atoms with E-state index >= 15 is 0 Å². The number of rotatable bonds is 4. The van der Waals surface area contributed by atoms with Crippen LogP contribution in [0.2, 0.25) is 5.02 Å². The fourth-order valence-corrected chi connectivity index (χ4v) is 2.71. The van der Waals surface area contributed by atoms with E-state index in [2.05, 4.69) is 0 Å². The largest absolute Gasteiger partial charge is 0.495 e. The summed E-state index contributed by atoms with van der Waals surface area (Å²) in [5.41, 5.74) is 6.98. The van der Waals surface area contributed by atoms with Crippen molar-refractivity contribution in [3.05, 3.63) is 28.3 Å². The second-order valence-corrected chi connectivity index (χ2v) is 5.38.